The molecule has 0 spiro atoms. The van der Waals surface area contributed by atoms with Crippen LogP contribution in [-0.2, 0) is 4.79 Å². The molecule has 0 aliphatic carbocycles. The summed E-state index contributed by atoms with van der Waals surface area (Å²) in [7, 11) is 1.67. The van der Waals surface area contributed by atoms with Crippen LogP contribution >= 0.6 is 0 Å². The van der Waals surface area contributed by atoms with Gasteiger partial charge in [-0.2, -0.15) is 0 Å². The second-order valence-electron chi connectivity index (χ2n) is 7.22. The lowest BCUT2D eigenvalue weighted by Crippen LogP contribution is -2.36. The second-order valence-corrected chi connectivity index (χ2v) is 7.22. The zero-order valence-corrected chi connectivity index (χ0v) is 14.7. The zero-order valence-electron chi connectivity index (χ0n) is 14.7. The van der Waals surface area contributed by atoms with E-state index in [1.54, 1.807) is 7.11 Å². The van der Waals surface area contributed by atoms with E-state index in [4.69, 9.17) is 10.5 Å². The van der Waals surface area contributed by atoms with Crippen molar-refractivity contribution in [3.63, 3.8) is 0 Å². The largest absolute Gasteiger partial charge is 0.497 e. The summed E-state index contributed by atoms with van der Waals surface area (Å²) in [6, 6.07) is 12.2. The summed E-state index contributed by atoms with van der Waals surface area (Å²) in [5, 5.41) is 2.25. The number of carbonyl (C=O) groups excluding carboxylic acids is 1. The number of rotatable bonds is 4. The van der Waals surface area contributed by atoms with Crippen LogP contribution in [0.2, 0.25) is 0 Å². The first-order chi connectivity index (χ1) is 11.5. The Kier molecular flexibility index (Phi) is 4.50. The molecule has 1 aliphatic heterocycles. The molecular formula is C20H26N2O2. The third-order valence-corrected chi connectivity index (χ3v) is 5.30. The van der Waals surface area contributed by atoms with Gasteiger partial charge in [0, 0.05) is 13.1 Å². The molecule has 0 radical (unpaired) electrons. The van der Waals surface area contributed by atoms with E-state index in [-0.39, 0.29) is 17.2 Å². The summed E-state index contributed by atoms with van der Waals surface area (Å²) in [6.07, 6.45) is 0.986. The minimum absolute atomic E-state index is 0.0648. The fraction of sp³-hybridized carbons (Fsp3) is 0.450. The number of carbonyl (C=O) groups is 1. The van der Waals surface area contributed by atoms with Crippen molar-refractivity contribution in [1.82, 2.24) is 4.90 Å². The summed E-state index contributed by atoms with van der Waals surface area (Å²) >= 11 is 0. The SMILES string of the molecule is COc1ccc2cc(C(C)C(=O)N3CCC(C)(CN)C3)ccc2c1. The molecule has 4 nitrogen and oxygen atoms in total. The van der Waals surface area contributed by atoms with E-state index >= 15 is 0 Å². The van der Waals surface area contributed by atoms with Crippen LogP contribution in [0.5, 0.6) is 5.75 Å². The van der Waals surface area contributed by atoms with Crippen molar-refractivity contribution < 1.29 is 9.53 Å². The number of ether oxygens (including phenoxy) is 1. The summed E-state index contributed by atoms with van der Waals surface area (Å²) in [6.45, 7) is 6.35. The minimum atomic E-state index is -0.142. The molecule has 0 bridgehead atoms. The van der Waals surface area contributed by atoms with E-state index in [1.807, 2.05) is 36.1 Å². The molecular weight excluding hydrogens is 300 g/mol. The Morgan fingerprint density at radius 2 is 2.00 bits per heavy atom. The summed E-state index contributed by atoms with van der Waals surface area (Å²) < 4.78 is 5.26. The maximum Gasteiger partial charge on any atom is 0.229 e. The highest BCUT2D eigenvalue weighted by atomic mass is 16.5. The van der Waals surface area contributed by atoms with Crippen LogP contribution in [0.15, 0.2) is 36.4 Å². The molecule has 2 aromatic rings. The van der Waals surface area contributed by atoms with Crippen molar-refractivity contribution in [2.24, 2.45) is 11.1 Å². The average molecular weight is 326 g/mol. The Morgan fingerprint density at radius 1 is 1.29 bits per heavy atom. The first-order valence-corrected chi connectivity index (χ1v) is 8.52. The zero-order chi connectivity index (χ0) is 17.3. The third kappa shape index (κ3) is 3.11. The van der Waals surface area contributed by atoms with E-state index in [1.165, 1.54) is 0 Å². The quantitative estimate of drug-likeness (QED) is 0.939. The van der Waals surface area contributed by atoms with Crippen LogP contribution in [0.1, 0.15) is 31.7 Å². The van der Waals surface area contributed by atoms with Gasteiger partial charge in [0.15, 0.2) is 0 Å². The predicted octanol–water partition coefficient (Wildman–Crippen LogP) is 3.15. The molecule has 0 aromatic heterocycles. The van der Waals surface area contributed by atoms with Gasteiger partial charge < -0.3 is 15.4 Å². The van der Waals surface area contributed by atoms with Crippen molar-refractivity contribution in [3.05, 3.63) is 42.0 Å². The lowest BCUT2D eigenvalue weighted by atomic mass is 9.90. The maximum absolute atomic E-state index is 12.9. The van der Waals surface area contributed by atoms with E-state index < -0.39 is 0 Å². The van der Waals surface area contributed by atoms with Gasteiger partial charge in [-0.15, -0.1) is 0 Å². The summed E-state index contributed by atoms with van der Waals surface area (Å²) in [5.41, 5.74) is 6.97. The average Bonchev–Trinajstić information content (AvgIpc) is 3.02. The second kappa shape index (κ2) is 6.44. The molecule has 128 valence electrons. The highest BCUT2D eigenvalue weighted by Gasteiger charge is 2.36. The molecule has 3 rings (SSSR count). The monoisotopic (exact) mass is 326 g/mol. The number of nitrogens with zero attached hydrogens (tertiary/aromatic N) is 1. The van der Waals surface area contributed by atoms with Gasteiger partial charge in [0.25, 0.3) is 0 Å². The highest BCUT2D eigenvalue weighted by molar-refractivity contribution is 5.88. The third-order valence-electron chi connectivity index (χ3n) is 5.30. The Morgan fingerprint density at radius 3 is 2.67 bits per heavy atom. The number of fused-ring (bicyclic) bond motifs is 1. The van der Waals surface area contributed by atoms with Gasteiger partial charge in [-0.1, -0.05) is 31.2 Å². The molecule has 1 amide bonds. The van der Waals surface area contributed by atoms with E-state index in [2.05, 4.69) is 19.1 Å². The summed E-state index contributed by atoms with van der Waals surface area (Å²) in [4.78, 5) is 14.8. The molecule has 1 fully saturated rings. The minimum Gasteiger partial charge on any atom is -0.497 e. The van der Waals surface area contributed by atoms with E-state index in [0.29, 0.717) is 6.54 Å². The van der Waals surface area contributed by atoms with E-state index in [0.717, 1.165) is 41.6 Å². The number of benzene rings is 2. The highest BCUT2D eigenvalue weighted by Crippen LogP contribution is 2.32. The lowest BCUT2D eigenvalue weighted by Gasteiger charge is -2.25. The lowest BCUT2D eigenvalue weighted by molar-refractivity contribution is -0.131. The molecule has 1 aliphatic rings. The number of nitrogens with two attached hydrogens (primary N) is 1. The number of hydrogen-bond acceptors (Lipinski definition) is 3. The topological polar surface area (TPSA) is 55.6 Å². The van der Waals surface area contributed by atoms with Crippen molar-refractivity contribution in [2.45, 2.75) is 26.2 Å². The number of methoxy groups -OCH3 is 1. The van der Waals surface area contributed by atoms with Crippen molar-refractivity contribution in [3.8, 4) is 5.75 Å². The smallest absolute Gasteiger partial charge is 0.229 e. The van der Waals surface area contributed by atoms with Gasteiger partial charge >= 0.3 is 0 Å². The number of likely N-dealkylation sites (tertiary alicyclic amines) is 1. The molecule has 2 unspecified atom stereocenters. The fourth-order valence-corrected chi connectivity index (χ4v) is 3.43. The Bertz CT molecular complexity index is 758. The molecule has 24 heavy (non-hydrogen) atoms. The molecule has 2 N–H and O–H groups in total. The predicted molar refractivity (Wildman–Crippen MR) is 97.3 cm³/mol. The molecule has 2 aromatic carbocycles. The first kappa shape index (κ1) is 16.8. The summed E-state index contributed by atoms with van der Waals surface area (Å²) in [5.74, 6) is 0.897. The van der Waals surface area contributed by atoms with Crippen LogP contribution in [0.4, 0.5) is 0 Å². The molecule has 0 saturated carbocycles. The van der Waals surface area contributed by atoms with Crippen LogP contribution < -0.4 is 10.5 Å². The molecule has 2 atom stereocenters. The Hall–Kier alpha value is -2.07. The maximum atomic E-state index is 12.9. The molecule has 4 heteroatoms. The van der Waals surface area contributed by atoms with Gasteiger partial charge in [0.1, 0.15) is 5.75 Å². The Labute approximate surface area is 143 Å². The van der Waals surface area contributed by atoms with Gasteiger partial charge in [0.05, 0.1) is 13.0 Å². The van der Waals surface area contributed by atoms with Gasteiger partial charge in [-0.25, -0.2) is 0 Å². The van der Waals surface area contributed by atoms with Gasteiger partial charge in [-0.05, 0) is 53.8 Å². The van der Waals surface area contributed by atoms with Crippen molar-refractivity contribution in [2.75, 3.05) is 26.7 Å². The number of amides is 1. The normalized spacial score (nSPS) is 21.9. The van der Waals surface area contributed by atoms with Gasteiger partial charge in [-0.3, -0.25) is 4.79 Å². The van der Waals surface area contributed by atoms with Crippen LogP contribution in [0.25, 0.3) is 10.8 Å². The van der Waals surface area contributed by atoms with Crippen molar-refractivity contribution in [1.29, 1.82) is 0 Å². The van der Waals surface area contributed by atoms with Crippen LogP contribution in [0.3, 0.4) is 0 Å². The standard InChI is InChI=1S/C20H26N2O2/c1-14(19(23)22-9-8-20(2,12-21)13-22)15-4-5-17-11-18(24-3)7-6-16(17)10-15/h4-7,10-11,14H,8-9,12-13,21H2,1-3H3. The molecule has 1 saturated heterocycles. The van der Waals surface area contributed by atoms with Gasteiger partial charge in [0.2, 0.25) is 5.91 Å². The van der Waals surface area contributed by atoms with E-state index in [9.17, 15) is 4.79 Å². The number of hydrogen-bond donors (Lipinski definition) is 1. The first-order valence-electron chi connectivity index (χ1n) is 8.52. The van der Waals surface area contributed by atoms with Crippen LogP contribution in [-0.4, -0.2) is 37.6 Å². The molecule has 1 heterocycles. The fourth-order valence-electron chi connectivity index (χ4n) is 3.43. The van der Waals surface area contributed by atoms with Crippen molar-refractivity contribution >= 4 is 16.7 Å². The van der Waals surface area contributed by atoms with Crippen LogP contribution in [0, 0.1) is 5.41 Å². The Balaban J connectivity index is 1.80.